The molecule has 2 rings (SSSR count). The second-order valence-corrected chi connectivity index (χ2v) is 6.94. The first-order valence-corrected chi connectivity index (χ1v) is 7.71. The standard InChI is InChI=1S/C13H14Cl2INO/c1-17(7-8-4-10(14)5-8)13(18)9-2-3-12(16)11(15)6-9/h2-3,6,8,10H,4-5,7H2,1H3. The lowest BCUT2D eigenvalue weighted by Gasteiger charge is -2.34. The van der Waals surface area contributed by atoms with Gasteiger partial charge in [-0.2, -0.15) is 0 Å². The second kappa shape index (κ2) is 5.97. The molecule has 1 aromatic carbocycles. The lowest BCUT2D eigenvalue weighted by molar-refractivity contribution is 0.0747. The fraction of sp³-hybridized carbons (Fsp3) is 0.462. The van der Waals surface area contributed by atoms with E-state index in [1.54, 1.807) is 11.0 Å². The van der Waals surface area contributed by atoms with Gasteiger partial charge in [-0.3, -0.25) is 4.79 Å². The number of alkyl halides is 1. The van der Waals surface area contributed by atoms with Gasteiger partial charge in [-0.25, -0.2) is 0 Å². The van der Waals surface area contributed by atoms with Gasteiger partial charge in [0.2, 0.25) is 0 Å². The van der Waals surface area contributed by atoms with E-state index in [-0.39, 0.29) is 5.91 Å². The third kappa shape index (κ3) is 3.31. The van der Waals surface area contributed by atoms with Crippen molar-refractivity contribution >= 4 is 51.7 Å². The molecule has 98 valence electrons. The monoisotopic (exact) mass is 397 g/mol. The van der Waals surface area contributed by atoms with Crippen LogP contribution in [0.25, 0.3) is 0 Å². The average Bonchev–Trinajstić information content (AvgIpc) is 2.29. The van der Waals surface area contributed by atoms with Crippen LogP contribution in [-0.4, -0.2) is 29.8 Å². The number of carbonyl (C=O) groups is 1. The van der Waals surface area contributed by atoms with Crippen molar-refractivity contribution in [3.63, 3.8) is 0 Å². The van der Waals surface area contributed by atoms with Crippen LogP contribution in [0.4, 0.5) is 0 Å². The van der Waals surface area contributed by atoms with Gasteiger partial charge in [0, 0.05) is 28.1 Å². The van der Waals surface area contributed by atoms with E-state index >= 15 is 0 Å². The molecule has 1 aromatic rings. The summed E-state index contributed by atoms with van der Waals surface area (Å²) in [4.78, 5) is 14.0. The number of nitrogens with zero attached hydrogens (tertiary/aromatic N) is 1. The Hall–Kier alpha value is -0.0000000000000000555. The predicted octanol–water partition coefficient (Wildman–Crippen LogP) is 4.03. The molecule has 2 nitrogen and oxygen atoms in total. The molecule has 1 fully saturated rings. The van der Waals surface area contributed by atoms with E-state index in [0.29, 0.717) is 21.9 Å². The van der Waals surface area contributed by atoms with Gasteiger partial charge in [0.25, 0.3) is 5.91 Å². The third-order valence-electron chi connectivity index (χ3n) is 3.22. The van der Waals surface area contributed by atoms with Crippen molar-refractivity contribution in [2.45, 2.75) is 18.2 Å². The maximum atomic E-state index is 12.2. The average molecular weight is 398 g/mol. The molecular formula is C13H14Cl2INO. The fourth-order valence-electron chi connectivity index (χ4n) is 2.12. The SMILES string of the molecule is CN(CC1CC(Cl)C1)C(=O)c1ccc(I)c(Cl)c1. The summed E-state index contributed by atoms with van der Waals surface area (Å²) >= 11 is 14.1. The van der Waals surface area contributed by atoms with Crippen molar-refractivity contribution in [1.82, 2.24) is 4.90 Å². The van der Waals surface area contributed by atoms with Gasteiger partial charge in [0.15, 0.2) is 0 Å². The Bertz CT molecular complexity index is 460. The Balaban J connectivity index is 1.99. The first-order valence-electron chi connectivity index (χ1n) is 5.82. The molecule has 0 saturated heterocycles. The number of hydrogen-bond acceptors (Lipinski definition) is 1. The zero-order valence-corrected chi connectivity index (χ0v) is 13.7. The van der Waals surface area contributed by atoms with Crippen molar-refractivity contribution in [3.05, 3.63) is 32.4 Å². The molecular weight excluding hydrogens is 384 g/mol. The van der Waals surface area contributed by atoms with Crippen LogP contribution < -0.4 is 0 Å². The molecule has 0 heterocycles. The molecule has 0 bridgehead atoms. The number of rotatable bonds is 3. The number of hydrogen-bond donors (Lipinski definition) is 0. The molecule has 0 radical (unpaired) electrons. The summed E-state index contributed by atoms with van der Waals surface area (Å²) in [5, 5.41) is 0.922. The second-order valence-electron chi connectivity index (χ2n) is 4.75. The van der Waals surface area contributed by atoms with E-state index in [2.05, 4.69) is 22.6 Å². The fourth-order valence-corrected chi connectivity index (χ4v) is 3.14. The van der Waals surface area contributed by atoms with E-state index in [0.717, 1.165) is 23.0 Å². The molecule has 0 N–H and O–H groups in total. The molecule has 1 aliphatic carbocycles. The number of halogens is 3. The van der Waals surface area contributed by atoms with E-state index in [1.165, 1.54) is 0 Å². The first-order chi connectivity index (χ1) is 8.47. The number of benzene rings is 1. The Morgan fingerprint density at radius 1 is 1.50 bits per heavy atom. The molecule has 5 heteroatoms. The highest BCUT2D eigenvalue weighted by Gasteiger charge is 2.29. The molecule has 0 unspecified atom stereocenters. The summed E-state index contributed by atoms with van der Waals surface area (Å²) in [6.07, 6.45) is 2.01. The van der Waals surface area contributed by atoms with Gasteiger partial charge in [-0.15, -0.1) is 11.6 Å². The molecule has 1 amide bonds. The Morgan fingerprint density at radius 2 is 2.17 bits per heavy atom. The van der Waals surface area contributed by atoms with Gasteiger partial charge in [0.1, 0.15) is 0 Å². The van der Waals surface area contributed by atoms with Crippen molar-refractivity contribution in [2.75, 3.05) is 13.6 Å². The Morgan fingerprint density at radius 3 is 2.72 bits per heavy atom. The van der Waals surface area contributed by atoms with E-state index in [1.807, 2.05) is 19.2 Å². The van der Waals surface area contributed by atoms with Crippen LogP contribution in [0.2, 0.25) is 5.02 Å². The molecule has 1 aliphatic rings. The lowest BCUT2D eigenvalue weighted by Crippen LogP contribution is -2.37. The summed E-state index contributed by atoms with van der Waals surface area (Å²) in [5.74, 6) is 0.562. The van der Waals surface area contributed by atoms with E-state index in [4.69, 9.17) is 23.2 Å². The summed E-state index contributed by atoms with van der Waals surface area (Å²) < 4.78 is 0.956. The van der Waals surface area contributed by atoms with Crippen LogP contribution in [0.1, 0.15) is 23.2 Å². The van der Waals surface area contributed by atoms with Crippen LogP contribution >= 0.6 is 45.8 Å². The largest absolute Gasteiger partial charge is 0.341 e. The smallest absolute Gasteiger partial charge is 0.253 e. The molecule has 1 saturated carbocycles. The van der Waals surface area contributed by atoms with Crippen molar-refractivity contribution < 1.29 is 4.79 Å². The van der Waals surface area contributed by atoms with Gasteiger partial charge >= 0.3 is 0 Å². The van der Waals surface area contributed by atoms with Gasteiger partial charge < -0.3 is 4.90 Å². The number of amides is 1. The minimum absolute atomic E-state index is 0.0197. The molecule has 0 aromatic heterocycles. The highest BCUT2D eigenvalue weighted by Crippen LogP contribution is 2.32. The highest BCUT2D eigenvalue weighted by atomic mass is 127. The zero-order chi connectivity index (χ0) is 13.3. The van der Waals surface area contributed by atoms with Gasteiger partial charge in [-0.1, -0.05) is 11.6 Å². The molecule has 0 spiro atoms. The zero-order valence-electron chi connectivity index (χ0n) is 10.00. The Kier molecular flexibility index (Phi) is 4.78. The van der Waals surface area contributed by atoms with Crippen LogP contribution in [0.3, 0.4) is 0 Å². The van der Waals surface area contributed by atoms with E-state index < -0.39 is 0 Å². The normalized spacial score (nSPS) is 22.4. The van der Waals surface area contributed by atoms with Crippen LogP contribution in [-0.2, 0) is 0 Å². The first kappa shape index (κ1) is 14.4. The van der Waals surface area contributed by atoms with Gasteiger partial charge in [-0.05, 0) is 59.5 Å². The minimum atomic E-state index is 0.0197. The summed E-state index contributed by atoms with van der Waals surface area (Å²) in [6, 6.07) is 5.41. The summed E-state index contributed by atoms with van der Waals surface area (Å²) in [7, 11) is 1.83. The highest BCUT2D eigenvalue weighted by molar-refractivity contribution is 14.1. The Labute approximate surface area is 131 Å². The van der Waals surface area contributed by atoms with Crippen molar-refractivity contribution in [1.29, 1.82) is 0 Å². The predicted molar refractivity (Wildman–Crippen MR) is 83.5 cm³/mol. The van der Waals surface area contributed by atoms with Crippen LogP contribution in [0, 0.1) is 9.49 Å². The maximum Gasteiger partial charge on any atom is 0.253 e. The lowest BCUT2D eigenvalue weighted by atomic mass is 9.84. The number of carbonyl (C=O) groups excluding carboxylic acids is 1. The third-order valence-corrected chi connectivity index (χ3v) is 5.15. The topological polar surface area (TPSA) is 20.3 Å². The van der Waals surface area contributed by atoms with Gasteiger partial charge in [0.05, 0.1) is 5.02 Å². The van der Waals surface area contributed by atoms with Crippen LogP contribution in [0.5, 0.6) is 0 Å². The minimum Gasteiger partial charge on any atom is -0.341 e. The van der Waals surface area contributed by atoms with Crippen LogP contribution in [0.15, 0.2) is 18.2 Å². The summed E-state index contributed by atoms with van der Waals surface area (Å²) in [5.41, 5.74) is 0.643. The molecule has 0 atom stereocenters. The van der Waals surface area contributed by atoms with E-state index in [9.17, 15) is 4.79 Å². The van der Waals surface area contributed by atoms with Crippen molar-refractivity contribution in [2.24, 2.45) is 5.92 Å². The summed E-state index contributed by atoms with van der Waals surface area (Å²) in [6.45, 7) is 0.770. The quantitative estimate of drug-likeness (QED) is 0.556. The van der Waals surface area contributed by atoms with Crippen molar-refractivity contribution in [3.8, 4) is 0 Å². The maximum absolute atomic E-state index is 12.2. The molecule has 0 aliphatic heterocycles. The molecule has 18 heavy (non-hydrogen) atoms.